The van der Waals surface area contributed by atoms with E-state index in [-0.39, 0.29) is 10.8 Å². The van der Waals surface area contributed by atoms with Gasteiger partial charge in [0.2, 0.25) is 0 Å². The summed E-state index contributed by atoms with van der Waals surface area (Å²) in [6, 6.07) is 33.0. The number of phenols is 2. The van der Waals surface area contributed by atoms with E-state index in [1.165, 1.54) is 119 Å². The van der Waals surface area contributed by atoms with Gasteiger partial charge >= 0.3 is 0 Å². The molecule has 4 aromatic carbocycles. The van der Waals surface area contributed by atoms with E-state index in [1.807, 2.05) is 11.3 Å². The van der Waals surface area contributed by atoms with Crippen LogP contribution < -0.4 is 0 Å². The molecular weight excluding hydrogens is 819 g/mol. The highest BCUT2D eigenvalue weighted by atomic mass is 32.1. The maximum absolute atomic E-state index is 12.8. The van der Waals surface area contributed by atoms with Gasteiger partial charge in [-0.2, -0.15) is 0 Å². The smallest absolute Gasteiger partial charge is 0.128 e. The maximum atomic E-state index is 12.8. The Morgan fingerprint density at radius 1 is 0.516 bits per heavy atom. The van der Waals surface area contributed by atoms with Crippen molar-refractivity contribution in [2.24, 2.45) is 33.5 Å². The molecule has 4 atom stereocenters. The van der Waals surface area contributed by atoms with Crippen molar-refractivity contribution in [1.29, 1.82) is 0 Å². The number of thiophene rings is 2. The number of nitrogens with zero attached hydrogens (tertiary/aromatic N) is 1. The molecule has 0 amide bonds. The average molecular weight is 880 g/mol. The van der Waals surface area contributed by atoms with E-state index < -0.39 is 0 Å². The van der Waals surface area contributed by atoms with Gasteiger partial charge in [-0.15, -0.1) is 22.7 Å². The predicted molar refractivity (Wildman–Crippen MR) is 268 cm³/mol. The van der Waals surface area contributed by atoms with Gasteiger partial charge in [0.05, 0.1) is 11.4 Å². The van der Waals surface area contributed by atoms with Crippen molar-refractivity contribution in [2.45, 2.75) is 129 Å². The number of phenolic OH excluding ortho intramolecular Hbond substituents is 2. The molecule has 8 bridgehead atoms. The molecule has 0 radical (unpaired) electrons. The zero-order valence-corrected chi connectivity index (χ0v) is 40.1. The standard InChI is InChI=1S/C59H61NO2S2/c1-34-18-41(51(62)43(19-34)59-27-37-24-56(5,32-59)29-57(6,25-37)33-59)53-50(39-13-8-10-17-48(39)64-53)45-15-11-14-44(60-45)49-38-12-7-9-16-47(38)63-52(49)40-21-46(61)42(20-35(40)2)58-26-36-22-54(3,30-58)28-55(4,23-36)31-58/h7-21,36-37,61-62H,22-33H2,1-6H3. The van der Waals surface area contributed by atoms with E-state index in [2.05, 4.69) is 133 Å². The average Bonchev–Trinajstić information content (AvgIpc) is 3.79. The highest BCUT2D eigenvalue weighted by Crippen LogP contribution is 2.72. The van der Waals surface area contributed by atoms with Crippen molar-refractivity contribution in [3.8, 4) is 54.9 Å². The van der Waals surface area contributed by atoms with Crippen LogP contribution >= 0.6 is 22.7 Å². The Labute approximate surface area is 387 Å². The normalized spacial score (nSPS) is 33.5. The van der Waals surface area contributed by atoms with Crippen LogP contribution in [0.5, 0.6) is 11.5 Å². The van der Waals surface area contributed by atoms with Gasteiger partial charge in [0.25, 0.3) is 0 Å². The second-order valence-corrected chi connectivity index (χ2v) is 26.3. The molecule has 3 nitrogen and oxygen atoms in total. The summed E-state index contributed by atoms with van der Waals surface area (Å²) in [7, 11) is 0. The fraction of sp³-hybridized carbons (Fsp3) is 0.441. The molecule has 2 N–H and O–H groups in total. The number of benzene rings is 4. The maximum Gasteiger partial charge on any atom is 0.128 e. The van der Waals surface area contributed by atoms with Crippen molar-refractivity contribution in [3.05, 3.63) is 113 Å². The molecule has 326 valence electrons. The molecule has 7 aromatic rings. The SMILES string of the molecule is Cc1cc(-c2sc3ccccc3c2-c2cccc(-c3c(-c4cc(O)c(C56CC7CC(C)(CC(C)(C7)C5)C6)cc4C)sc4ccccc34)n2)c(O)c(C23CC4CC(C)(CC(C)(C4)C2)C3)c1. The third-order valence-electron chi connectivity index (χ3n) is 17.9. The molecule has 0 aliphatic heterocycles. The van der Waals surface area contributed by atoms with Crippen molar-refractivity contribution in [2.75, 3.05) is 0 Å². The van der Waals surface area contributed by atoms with E-state index in [9.17, 15) is 10.2 Å². The summed E-state index contributed by atoms with van der Waals surface area (Å²) >= 11 is 3.59. The van der Waals surface area contributed by atoms with E-state index in [1.54, 1.807) is 11.3 Å². The number of hydrogen-bond donors (Lipinski definition) is 2. The predicted octanol–water partition coefficient (Wildman–Crippen LogP) is 16.7. The minimum atomic E-state index is 0.00945. The van der Waals surface area contributed by atoms with Gasteiger partial charge in [-0.25, -0.2) is 4.98 Å². The van der Waals surface area contributed by atoms with Gasteiger partial charge in [0, 0.05) is 68.6 Å². The van der Waals surface area contributed by atoms with Crippen LogP contribution in [0.4, 0.5) is 0 Å². The molecule has 5 heteroatoms. The molecule has 8 aliphatic rings. The Morgan fingerprint density at radius 2 is 1.00 bits per heavy atom. The zero-order chi connectivity index (χ0) is 43.8. The van der Waals surface area contributed by atoms with Gasteiger partial charge in [-0.3, -0.25) is 0 Å². The van der Waals surface area contributed by atoms with Gasteiger partial charge < -0.3 is 10.2 Å². The van der Waals surface area contributed by atoms with Crippen molar-refractivity contribution in [3.63, 3.8) is 0 Å². The van der Waals surface area contributed by atoms with Gasteiger partial charge in [-0.05, 0) is 177 Å². The molecule has 4 unspecified atom stereocenters. The van der Waals surface area contributed by atoms with E-state index in [0.717, 1.165) is 55.2 Å². The Morgan fingerprint density at radius 3 is 1.52 bits per heavy atom. The van der Waals surface area contributed by atoms with Gasteiger partial charge in [-0.1, -0.05) is 82.3 Å². The highest BCUT2D eigenvalue weighted by molar-refractivity contribution is 7.23. The van der Waals surface area contributed by atoms with Crippen LogP contribution in [0.2, 0.25) is 0 Å². The summed E-state index contributed by atoms with van der Waals surface area (Å²) < 4.78 is 2.42. The van der Waals surface area contributed by atoms with Crippen LogP contribution in [0.3, 0.4) is 0 Å². The number of pyridine rings is 1. The Bertz CT molecular complexity index is 3090. The molecule has 15 rings (SSSR count). The molecule has 8 fully saturated rings. The molecular formula is C59H61NO2S2. The lowest BCUT2D eigenvalue weighted by Gasteiger charge is -2.65. The first-order valence-electron chi connectivity index (χ1n) is 24.2. The third kappa shape index (κ3) is 5.84. The van der Waals surface area contributed by atoms with Crippen LogP contribution in [-0.4, -0.2) is 15.2 Å². The molecule has 8 saturated carbocycles. The zero-order valence-electron chi connectivity index (χ0n) is 38.5. The van der Waals surface area contributed by atoms with Crippen LogP contribution in [0.25, 0.3) is 63.6 Å². The van der Waals surface area contributed by atoms with Crippen LogP contribution in [0.15, 0.2) is 91.0 Å². The first-order valence-corrected chi connectivity index (χ1v) is 25.9. The summed E-state index contributed by atoms with van der Waals surface area (Å²) in [5, 5.41) is 27.4. The molecule has 64 heavy (non-hydrogen) atoms. The summed E-state index contributed by atoms with van der Waals surface area (Å²) in [4.78, 5) is 7.91. The highest BCUT2D eigenvalue weighted by Gasteiger charge is 2.62. The Kier molecular flexibility index (Phi) is 8.18. The topological polar surface area (TPSA) is 53.4 Å². The van der Waals surface area contributed by atoms with E-state index in [0.29, 0.717) is 33.2 Å². The minimum absolute atomic E-state index is 0.00945. The number of rotatable bonds is 6. The van der Waals surface area contributed by atoms with Gasteiger partial charge in [0.15, 0.2) is 0 Å². The van der Waals surface area contributed by atoms with Gasteiger partial charge in [0.1, 0.15) is 11.5 Å². The number of aromatic nitrogens is 1. The lowest BCUT2D eigenvalue weighted by Crippen LogP contribution is -2.56. The fourth-order valence-electron chi connectivity index (χ4n) is 17.9. The minimum Gasteiger partial charge on any atom is -0.508 e. The number of aryl methyl sites for hydroxylation is 2. The third-order valence-corrected chi connectivity index (χ3v) is 20.3. The van der Waals surface area contributed by atoms with Crippen LogP contribution in [0.1, 0.15) is 127 Å². The lowest BCUT2D eigenvalue weighted by molar-refractivity contribution is -0.110. The van der Waals surface area contributed by atoms with E-state index in [4.69, 9.17) is 4.98 Å². The van der Waals surface area contributed by atoms with Crippen LogP contribution in [0, 0.1) is 47.3 Å². The molecule has 0 saturated heterocycles. The Balaban J connectivity index is 0.950. The molecule has 3 aromatic heterocycles. The molecule has 8 aliphatic carbocycles. The Hall–Kier alpha value is -4.45. The summed E-state index contributed by atoms with van der Waals surface area (Å²) in [6.07, 6.45) is 15.1. The molecule has 3 heterocycles. The summed E-state index contributed by atoms with van der Waals surface area (Å²) in [5.74, 6) is 2.43. The quantitative estimate of drug-likeness (QED) is 0.175. The number of fused-ring (bicyclic) bond motifs is 2. The van der Waals surface area contributed by atoms with Crippen molar-refractivity contribution >= 4 is 42.8 Å². The van der Waals surface area contributed by atoms with Crippen molar-refractivity contribution < 1.29 is 10.2 Å². The lowest BCUT2D eigenvalue weighted by atomic mass is 9.39. The summed E-state index contributed by atoms with van der Waals surface area (Å²) in [5.41, 5.74) is 12.4. The first-order chi connectivity index (χ1) is 30.5. The van der Waals surface area contributed by atoms with Crippen LogP contribution in [-0.2, 0) is 10.8 Å². The fourth-order valence-corrected chi connectivity index (χ4v) is 20.4. The number of aromatic hydroxyl groups is 2. The second kappa shape index (κ2) is 13.1. The monoisotopic (exact) mass is 879 g/mol. The first kappa shape index (κ1) is 39.9. The van der Waals surface area contributed by atoms with Crippen molar-refractivity contribution in [1.82, 2.24) is 4.98 Å². The second-order valence-electron chi connectivity index (χ2n) is 24.2. The van der Waals surface area contributed by atoms with E-state index >= 15 is 0 Å². The molecule has 0 spiro atoms. The summed E-state index contributed by atoms with van der Waals surface area (Å²) in [6.45, 7) is 14.6. The largest absolute Gasteiger partial charge is 0.508 e. The number of hydrogen-bond acceptors (Lipinski definition) is 5.